The van der Waals surface area contributed by atoms with E-state index in [-0.39, 0.29) is 0 Å². The number of nitrogens with zero attached hydrogens (tertiary/aromatic N) is 1. The van der Waals surface area contributed by atoms with Gasteiger partial charge in [-0.05, 0) is 67.6 Å². The molecule has 3 heteroatoms. The molecule has 0 saturated carbocycles. The standard InChI is InChI=1S/C18H22BrNO/c1-20(10-9-17-6-3-11-21-17)13-15-5-2-4-14-12-16(19)7-8-18(14)15/h3,6-8,11-12,15H,2,4-5,9-10,13H2,1H3. The van der Waals surface area contributed by atoms with E-state index in [1.165, 1.54) is 29.3 Å². The van der Waals surface area contributed by atoms with Crippen LogP contribution in [0.2, 0.25) is 0 Å². The van der Waals surface area contributed by atoms with Gasteiger partial charge >= 0.3 is 0 Å². The lowest BCUT2D eigenvalue weighted by Crippen LogP contribution is -2.28. The van der Waals surface area contributed by atoms with E-state index in [1.807, 2.05) is 6.07 Å². The molecule has 1 aliphatic carbocycles. The summed E-state index contributed by atoms with van der Waals surface area (Å²) in [6, 6.07) is 10.8. The van der Waals surface area contributed by atoms with Gasteiger partial charge in [0.2, 0.25) is 0 Å². The summed E-state index contributed by atoms with van der Waals surface area (Å²) < 4.78 is 6.61. The van der Waals surface area contributed by atoms with Gasteiger partial charge in [0.05, 0.1) is 6.26 Å². The van der Waals surface area contributed by atoms with E-state index in [4.69, 9.17) is 4.42 Å². The third kappa shape index (κ3) is 3.78. The minimum absolute atomic E-state index is 0.670. The maximum absolute atomic E-state index is 5.41. The third-order valence-electron chi connectivity index (χ3n) is 4.40. The number of likely N-dealkylation sites (N-methyl/N-ethyl adjacent to an activating group) is 1. The fourth-order valence-corrected chi connectivity index (χ4v) is 3.71. The molecule has 1 heterocycles. The van der Waals surface area contributed by atoms with Crippen LogP contribution in [-0.4, -0.2) is 25.0 Å². The van der Waals surface area contributed by atoms with Gasteiger partial charge in [-0.3, -0.25) is 0 Å². The molecule has 1 aliphatic rings. The van der Waals surface area contributed by atoms with Crippen LogP contribution in [-0.2, 0) is 12.8 Å². The first-order valence-corrected chi connectivity index (χ1v) is 8.51. The number of aryl methyl sites for hydroxylation is 1. The molecule has 1 aromatic carbocycles. The minimum atomic E-state index is 0.670. The van der Waals surface area contributed by atoms with Gasteiger partial charge in [-0.25, -0.2) is 0 Å². The number of hydrogen-bond donors (Lipinski definition) is 0. The van der Waals surface area contributed by atoms with E-state index in [0.717, 1.165) is 25.3 Å². The monoisotopic (exact) mass is 347 g/mol. The van der Waals surface area contributed by atoms with Crippen molar-refractivity contribution >= 4 is 15.9 Å². The van der Waals surface area contributed by atoms with E-state index < -0.39 is 0 Å². The van der Waals surface area contributed by atoms with E-state index in [1.54, 1.807) is 11.8 Å². The zero-order valence-electron chi connectivity index (χ0n) is 12.5. The summed E-state index contributed by atoms with van der Waals surface area (Å²) >= 11 is 3.59. The fraction of sp³-hybridized carbons (Fsp3) is 0.444. The van der Waals surface area contributed by atoms with Gasteiger partial charge in [0.15, 0.2) is 0 Å². The van der Waals surface area contributed by atoms with Crippen LogP contribution in [0.3, 0.4) is 0 Å². The Morgan fingerprint density at radius 1 is 1.33 bits per heavy atom. The minimum Gasteiger partial charge on any atom is -0.469 e. The van der Waals surface area contributed by atoms with Crippen molar-refractivity contribution in [1.29, 1.82) is 0 Å². The van der Waals surface area contributed by atoms with E-state index in [0.29, 0.717) is 5.92 Å². The molecule has 0 aliphatic heterocycles. The molecule has 1 unspecified atom stereocenters. The quantitative estimate of drug-likeness (QED) is 0.783. The number of fused-ring (bicyclic) bond motifs is 1. The van der Waals surface area contributed by atoms with Crippen molar-refractivity contribution in [3.63, 3.8) is 0 Å². The highest BCUT2D eigenvalue weighted by Crippen LogP contribution is 2.33. The lowest BCUT2D eigenvalue weighted by Gasteiger charge is -2.29. The fourth-order valence-electron chi connectivity index (χ4n) is 3.30. The smallest absolute Gasteiger partial charge is 0.105 e. The predicted molar refractivity (Wildman–Crippen MR) is 89.7 cm³/mol. The van der Waals surface area contributed by atoms with Gasteiger partial charge in [0.25, 0.3) is 0 Å². The molecule has 0 spiro atoms. The molecule has 2 aromatic rings. The molecular formula is C18H22BrNO. The van der Waals surface area contributed by atoms with E-state index in [9.17, 15) is 0 Å². The molecule has 0 amide bonds. The van der Waals surface area contributed by atoms with Crippen LogP contribution in [0.1, 0.15) is 35.6 Å². The van der Waals surface area contributed by atoms with Gasteiger partial charge in [0.1, 0.15) is 5.76 Å². The van der Waals surface area contributed by atoms with E-state index in [2.05, 4.69) is 52.1 Å². The van der Waals surface area contributed by atoms with Crippen LogP contribution in [0, 0.1) is 0 Å². The first-order valence-electron chi connectivity index (χ1n) is 7.71. The number of benzene rings is 1. The van der Waals surface area contributed by atoms with Crippen molar-refractivity contribution in [2.75, 3.05) is 20.1 Å². The van der Waals surface area contributed by atoms with Gasteiger partial charge in [-0.1, -0.05) is 22.0 Å². The lowest BCUT2D eigenvalue weighted by atomic mass is 9.82. The summed E-state index contributed by atoms with van der Waals surface area (Å²) in [5.74, 6) is 1.75. The number of halogens is 1. The summed E-state index contributed by atoms with van der Waals surface area (Å²) in [7, 11) is 2.22. The van der Waals surface area contributed by atoms with Crippen LogP contribution in [0.15, 0.2) is 45.5 Å². The molecule has 0 radical (unpaired) electrons. The zero-order valence-corrected chi connectivity index (χ0v) is 14.1. The topological polar surface area (TPSA) is 16.4 Å². The van der Waals surface area contributed by atoms with Crippen LogP contribution in [0.5, 0.6) is 0 Å². The van der Waals surface area contributed by atoms with Crippen molar-refractivity contribution < 1.29 is 4.42 Å². The second-order valence-corrected chi connectivity index (χ2v) is 6.94. The Labute approximate surface area is 135 Å². The Hall–Kier alpha value is -1.06. The Morgan fingerprint density at radius 2 is 2.24 bits per heavy atom. The van der Waals surface area contributed by atoms with Gasteiger partial charge in [-0.15, -0.1) is 0 Å². The highest BCUT2D eigenvalue weighted by molar-refractivity contribution is 9.10. The summed E-state index contributed by atoms with van der Waals surface area (Å²) in [6.45, 7) is 2.19. The number of furan rings is 1. The van der Waals surface area contributed by atoms with Crippen molar-refractivity contribution in [3.05, 3.63) is 58.0 Å². The predicted octanol–water partition coefficient (Wildman–Crippen LogP) is 4.64. The SMILES string of the molecule is CN(CCc1ccco1)CC1CCCc2cc(Br)ccc21. The molecule has 0 saturated heterocycles. The van der Waals surface area contributed by atoms with Crippen molar-refractivity contribution in [2.45, 2.75) is 31.6 Å². The average Bonchev–Trinajstić information content (AvgIpc) is 2.98. The maximum Gasteiger partial charge on any atom is 0.105 e. The highest BCUT2D eigenvalue weighted by atomic mass is 79.9. The van der Waals surface area contributed by atoms with E-state index >= 15 is 0 Å². The van der Waals surface area contributed by atoms with Crippen LogP contribution < -0.4 is 0 Å². The summed E-state index contributed by atoms with van der Waals surface area (Å²) in [4.78, 5) is 2.43. The van der Waals surface area contributed by atoms with Gasteiger partial charge < -0.3 is 9.32 Å². The van der Waals surface area contributed by atoms with Gasteiger partial charge in [-0.2, -0.15) is 0 Å². The second-order valence-electron chi connectivity index (χ2n) is 6.02. The molecular weight excluding hydrogens is 326 g/mol. The molecule has 0 N–H and O–H groups in total. The molecule has 2 nitrogen and oxygen atoms in total. The Kier molecular flexibility index (Phi) is 4.81. The first kappa shape index (κ1) is 14.9. The molecule has 3 rings (SSSR count). The van der Waals surface area contributed by atoms with Crippen LogP contribution >= 0.6 is 15.9 Å². The summed E-state index contributed by atoms with van der Waals surface area (Å²) in [5.41, 5.74) is 3.08. The third-order valence-corrected chi connectivity index (χ3v) is 4.89. The van der Waals surface area contributed by atoms with Crippen molar-refractivity contribution in [3.8, 4) is 0 Å². The second kappa shape index (κ2) is 6.80. The molecule has 0 bridgehead atoms. The maximum atomic E-state index is 5.41. The van der Waals surface area contributed by atoms with Crippen LogP contribution in [0.25, 0.3) is 0 Å². The highest BCUT2D eigenvalue weighted by Gasteiger charge is 2.21. The lowest BCUT2D eigenvalue weighted by molar-refractivity contribution is 0.293. The largest absolute Gasteiger partial charge is 0.469 e. The normalized spacial score (nSPS) is 18.0. The zero-order chi connectivity index (χ0) is 14.7. The van der Waals surface area contributed by atoms with Crippen molar-refractivity contribution in [2.24, 2.45) is 0 Å². The molecule has 0 fully saturated rings. The Balaban J connectivity index is 1.60. The summed E-state index contributed by atoms with van der Waals surface area (Å²) in [5, 5.41) is 0. The van der Waals surface area contributed by atoms with Gasteiger partial charge in [0, 0.05) is 24.0 Å². The summed E-state index contributed by atoms with van der Waals surface area (Å²) in [6.07, 6.45) is 6.58. The van der Waals surface area contributed by atoms with Crippen molar-refractivity contribution in [1.82, 2.24) is 4.90 Å². The molecule has 1 atom stereocenters. The molecule has 21 heavy (non-hydrogen) atoms. The molecule has 1 aromatic heterocycles. The average molecular weight is 348 g/mol. The van der Waals surface area contributed by atoms with Crippen LogP contribution in [0.4, 0.5) is 0 Å². The number of rotatable bonds is 5. The Morgan fingerprint density at radius 3 is 3.05 bits per heavy atom. The number of hydrogen-bond acceptors (Lipinski definition) is 2. The molecule has 112 valence electrons. The first-order chi connectivity index (χ1) is 10.2. The Bertz CT molecular complexity index is 579.